The summed E-state index contributed by atoms with van der Waals surface area (Å²) in [6, 6.07) is 9.60. The van der Waals surface area contributed by atoms with E-state index in [-0.39, 0.29) is 23.9 Å². The van der Waals surface area contributed by atoms with Crippen molar-refractivity contribution in [1.29, 1.82) is 0 Å². The lowest BCUT2D eigenvalue weighted by atomic mass is 9.85. The van der Waals surface area contributed by atoms with Crippen LogP contribution in [0.3, 0.4) is 0 Å². The van der Waals surface area contributed by atoms with E-state index in [1.165, 1.54) is 6.26 Å². The number of hydrazone groups is 1. The summed E-state index contributed by atoms with van der Waals surface area (Å²) in [6.45, 7) is 1.94. The van der Waals surface area contributed by atoms with E-state index in [2.05, 4.69) is 10.5 Å². The van der Waals surface area contributed by atoms with Crippen LogP contribution in [-0.4, -0.2) is 37.2 Å². The van der Waals surface area contributed by atoms with Gasteiger partial charge in [-0.3, -0.25) is 10.2 Å². The van der Waals surface area contributed by atoms with Crippen LogP contribution in [0.2, 0.25) is 0 Å². The molecule has 0 radical (unpaired) electrons. The first-order chi connectivity index (χ1) is 12.2. The van der Waals surface area contributed by atoms with Gasteiger partial charge < -0.3 is 13.9 Å². The number of Topliss-reactive ketones (excluding diaryl/α,β-unsaturated/α-hetero) is 1. The Morgan fingerprint density at radius 2 is 2.00 bits per heavy atom. The number of esters is 1. The molecular weight excluding hydrogens is 324 g/mol. The van der Waals surface area contributed by atoms with Gasteiger partial charge in [0.2, 0.25) is 5.78 Å². The number of hydrogen-bond acceptors (Lipinski definition) is 7. The van der Waals surface area contributed by atoms with E-state index in [4.69, 9.17) is 13.9 Å². The largest absolute Gasteiger partial charge is 0.497 e. The number of hydrogen-bond donors (Lipinski definition) is 1. The number of benzene rings is 1. The second-order valence-electron chi connectivity index (χ2n) is 5.42. The van der Waals surface area contributed by atoms with Gasteiger partial charge in [-0.25, -0.2) is 4.79 Å². The van der Waals surface area contributed by atoms with Gasteiger partial charge in [-0.2, -0.15) is 5.10 Å². The molecular formula is C18H18N2O5. The van der Waals surface area contributed by atoms with E-state index in [9.17, 15) is 9.59 Å². The smallest absolute Gasteiger partial charge is 0.355 e. The third-order valence-corrected chi connectivity index (χ3v) is 3.96. The quantitative estimate of drug-likeness (QED) is 0.639. The standard InChI is InChI=1S/C18H18N2O5/c1-3-24-18(22)16-14(11-6-8-12(23-2)9-7-11)15(19-20-16)17(21)13-5-4-10-25-13/h4-10,14-15,19H,3H2,1-2H3. The molecule has 2 heterocycles. The number of nitrogens with one attached hydrogen (secondary N) is 1. The van der Waals surface area contributed by atoms with Gasteiger partial charge in [0, 0.05) is 0 Å². The summed E-state index contributed by atoms with van der Waals surface area (Å²) < 4.78 is 15.4. The van der Waals surface area contributed by atoms with Gasteiger partial charge in [0.1, 0.15) is 11.8 Å². The molecule has 2 aromatic rings. The summed E-state index contributed by atoms with van der Waals surface area (Å²) in [6.07, 6.45) is 1.43. The lowest BCUT2D eigenvalue weighted by Gasteiger charge is -2.19. The lowest BCUT2D eigenvalue weighted by Crippen LogP contribution is -2.37. The maximum Gasteiger partial charge on any atom is 0.355 e. The summed E-state index contributed by atoms with van der Waals surface area (Å²) in [5, 5.41) is 4.07. The van der Waals surface area contributed by atoms with Crippen molar-refractivity contribution in [1.82, 2.24) is 5.43 Å². The Balaban J connectivity index is 1.95. The first kappa shape index (κ1) is 16.8. The Labute approximate surface area is 144 Å². The Kier molecular flexibility index (Phi) is 4.83. The molecule has 1 aliphatic rings. The summed E-state index contributed by atoms with van der Waals surface area (Å²) >= 11 is 0. The topological polar surface area (TPSA) is 90.1 Å². The Hall–Kier alpha value is -3.09. The number of carbonyl (C=O) groups excluding carboxylic acids is 2. The molecule has 1 aromatic heterocycles. The third-order valence-electron chi connectivity index (χ3n) is 3.96. The zero-order chi connectivity index (χ0) is 17.8. The van der Waals surface area contributed by atoms with Crippen molar-refractivity contribution in [2.45, 2.75) is 18.9 Å². The summed E-state index contributed by atoms with van der Waals surface area (Å²) in [5.41, 5.74) is 3.67. The van der Waals surface area contributed by atoms with Crippen molar-refractivity contribution in [3.05, 3.63) is 54.0 Å². The number of carbonyl (C=O) groups is 2. The zero-order valence-electron chi connectivity index (χ0n) is 13.9. The molecule has 1 aliphatic heterocycles. The van der Waals surface area contributed by atoms with Crippen molar-refractivity contribution in [3.8, 4) is 5.75 Å². The number of methoxy groups -OCH3 is 1. The predicted octanol–water partition coefficient (Wildman–Crippen LogP) is 2.15. The molecule has 3 rings (SSSR count). The maximum atomic E-state index is 12.7. The average Bonchev–Trinajstić information content (AvgIpc) is 3.31. The van der Waals surface area contributed by atoms with E-state index in [1.54, 1.807) is 50.4 Å². The molecule has 2 unspecified atom stereocenters. The van der Waals surface area contributed by atoms with Crippen molar-refractivity contribution in [2.24, 2.45) is 5.10 Å². The number of rotatable bonds is 6. The van der Waals surface area contributed by atoms with E-state index in [1.807, 2.05) is 0 Å². The van der Waals surface area contributed by atoms with Gasteiger partial charge in [0.05, 0.1) is 25.9 Å². The fraction of sp³-hybridized carbons (Fsp3) is 0.278. The summed E-state index contributed by atoms with van der Waals surface area (Å²) in [7, 11) is 1.57. The van der Waals surface area contributed by atoms with Crippen LogP contribution in [-0.2, 0) is 9.53 Å². The minimum Gasteiger partial charge on any atom is -0.497 e. The highest BCUT2D eigenvalue weighted by atomic mass is 16.5. The van der Waals surface area contributed by atoms with Gasteiger partial charge in [-0.05, 0) is 36.8 Å². The van der Waals surface area contributed by atoms with Crippen LogP contribution in [0.25, 0.3) is 0 Å². The van der Waals surface area contributed by atoms with Crippen LogP contribution < -0.4 is 10.2 Å². The van der Waals surface area contributed by atoms with Crippen LogP contribution in [0.1, 0.15) is 29.0 Å². The number of ether oxygens (including phenoxy) is 2. The van der Waals surface area contributed by atoms with E-state index in [0.29, 0.717) is 5.75 Å². The van der Waals surface area contributed by atoms with Crippen LogP contribution in [0, 0.1) is 0 Å². The highest BCUT2D eigenvalue weighted by Crippen LogP contribution is 2.30. The second-order valence-corrected chi connectivity index (χ2v) is 5.42. The fourth-order valence-electron chi connectivity index (χ4n) is 2.76. The predicted molar refractivity (Wildman–Crippen MR) is 89.8 cm³/mol. The average molecular weight is 342 g/mol. The molecule has 7 heteroatoms. The molecule has 1 aromatic carbocycles. The molecule has 7 nitrogen and oxygen atoms in total. The first-order valence-electron chi connectivity index (χ1n) is 7.87. The Morgan fingerprint density at radius 3 is 2.60 bits per heavy atom. The van der Waals surface area contributed by atoms with Crippen molar-refractivity contribution < 1.29 is 23.5 Å². The molecule has 1 N–H and O–H groups in total. The molecule has 0 saturated carbocycles. The minimum absolute atomic E-state index is 0.164. The van der Waals surface area contributed by atoms with Gasteiger partial charge in [0.15, 0.2) is 11.5 Å². The van der Waals surface area contributed by atoms with Gasteiger partial charge in [0.25, 0.3) is 0 Å². The Bertz CT molecular complexity index is 780. The third kappa shape index (κ3) is 3.26. The monoisotopic (exact) mass is 342 g/mol. The molecule has 2 atom stereocenters. The zero-order valence-corrected chi connectivity index (χ0v) is 13.9. The normalized spacial score (nSPS) is 19.0. The van der Waals surface area contributed by atoms with E-state index < -0.39 is 17.9 Å². The molecule has 0 amide bonds. The number of furan rings is 1. The van der Waals surface area contributed by atoms with Crippen LogP contribution >= 0.6 is 0 Å². The fourth-order valence-corrected chi connectivity index (χ4v) is 2.76. The van der Waals surface area contributed by atoms with Crippen LogP contribution in [0.5, 0.6) is 5.75 Å². The Morgan fingerprint density at radius 1 is 1.24 bits per heavy atom. The van der Waals surface area contributed by atoms with Gasteiger partial charge in [-0.1, -0.05) is 12.1 Å². The van der Waals surface area contributed by atoms with Crippen molar-refractivity contribution >= 4 is 17.5 Å². The molecule has 0 bridgehead atoms. The van der Waals surface area contributed by atoms with Crippen LogP contribution in [0.4, 0.5) is 0 Å². The molecule has 0 aliphatic carbocycles. The second kappa shape index (κ2) is 7.21. The van der Waals surface area contributed by atoms with Crippen LogP contribution in [0.15, 0.2) is 52.2 Å². The number of ketones is 1. The summed E-state index contributed by atoms with van der Waals surface area (Å²) in [4.78, 5) is 25.0. The van der Waals surface area contributed by atoms with Crippen molar-refractivity contribution in [3.63, 3.8) is 0 Å². The number of nitrogens with zero attached hydrogens (tertiary/aromatic N) is 1. The minimum atomic E-state index is -0.751. The molecule has 0 spiro atoms. The first-order valence-corrected chi connectivity index (χ1v) is 7.87. The van der Waals surface area contributed by atoms with Gasteiger partial charge in [-0.15, -0.1) is 0 Å². The molecule has 0 saturated heterocycles. The van der Waals surface area contributed by atoms with E-state index in [0.717, 1.165) is 5.56 Å². The summed E-state index contributed by atoms with van der Waals surface area (Å²) in [5.74, 6) is -0.531. The SMILES string of the molecule is CCOC(=O)C1=NNC(C(=O)c2ccco2)C1c1ccc(OC)cc1. The van der Waals surface area contributed by atoms with Crippen molar-refractivity contribution in [2.75, 3.05) is 13.7 Å². The maximum absolute atomic E-state index is 12.7. The molecule has 25 heavy (non-hydrogen) atoms. The highest BCUT2D eigenvalue weighted by Gasteiger charge is 2.42. The highest BCUT2D eigenvalue weighted by molar-refractivity contribution is 6.40. The molecule has 0 fully saturated rings. The van der Waals surface area contributed by atoms with Gasteiger partial charge >= 0.3 is 5.97 Å². The van der Waals surface area contributed by atoms with E-state index >= 15 is 0 Å². The lowest BCUT2D eigenvalue weighted by molar-refractivity contribution is -0.135. The molecule has 130 valence electrons.